The highest BCUT2D eigenvalue weighted by Crippen LogP contribution is 2.38. The summed E-state index contributed by atoms with van der Waals surface area (Å²) in [5.74, 6) is 0.0887. The molecule has 0 aromatic heterocycles. The summed E-state index contributed by atoms with van der Waals surface area (Å²) in [7, 11) is -1.93. The zero-order chi connectivity index (χ0) is 23.3. The molecule has 0 aliphatic carbocycles. The number of hydrogen-bond donors (Lipinski definition) is 0. The number of unbranched alkanes of at least 4 members (excludes halogenated alkanes) is 2. The van der Waals surface area contributed by atoms with E-state index in [0.717, 1.165) is 25.0 Å². The number of carbonyl (C=O) groups is 2. The summed E-state index contributed by atoms with van der Waals surface area (Å²) in [6, 6.07) is -0.228. The highest BCUT2D eigenvalue weighted by Gasteiger charge is 2.41. The van der Waals surface area contributed by atoms with Gasteiger partial charge in [0.05, 0.1) is 0 Å². The van der Waals surface area contributed by atoms with E-state index in [9.17, 15) is 9.59 Å². The Morgan fingerprint density at radius 2 is 1.80 bits per heavy atom. The number of rotatable bonds is 8. The Morgan fingerprint density at radius 1 is 1.20 bits per heavy atom. The quantitative estimate of drug-likeness (QED) is 0.307. The fourth-order valence-electron chi connectivity index (χ4n) is 3.50. The summed E-state index contributed by atoms with van der Waals surface area (Å²) in [6.45, 7) is 21.0. The fraction of sp³-hybridized carbons (Fsp3) is 0.833. The Labute approximate surface area is 185 Å². The fourth-order valence-corrected chi connectivity index (χ4v) is 4.95. The second-order valence-corrected chi connectivity index (χ2v) is 15.9. The maximum atomic E-state index is 13.1. The maximum Gasteiger partial charge on any atom is 0.414 e. The Bertz CT molecular complexity index is 628. The Morgan fingerprint density at radius 3 is 2.30 bits per heavy atom. The first-order valence-corrected chi connectivity index (χ1v) is 14.4. The van der Waals surface area contributed by atoms with Gasteiger partial charge in [0.15, 0.2) is 14.1 Å². The van der Waals surface area contributed by atoms with Crippen molar-refractivity contribution < 1.29 is 18.8 Å². The molecule has 1 heterocycles. The Balaban J connectivity index is 3.08. The van der Waals surface area contributed by atoms with Crippen LogP contribution in [0.5, 0.6) is 0 Å². The molecule has 0 fully saturated rings. The number of ether oxygens (including phenoxy) is 1. The van der Waals surface area contributed by atoms with Crippen LogP contribution in [-0.2, 0) is 14.0 Å². The lowest BCUT2D eigenvalue weighted by atomic mass is 9.95. The summed E-state index contributed by atoms with van der Waals surface area (Å²) in [6.07, 6.45) is 6.04. The van der Waals surface area contributed by atoms with Gasteiger partial charge in [-0.2, -0.15) is 0 Å². The topological polar surface area (TPSA) is 55.8 Å². The minimum absolute atomic E-state index is 0.0383. The van der Waals surface area contributed by atoms with Crippen molar-refractivity contribution in [3.05, 3.63) is 11.8 Å². The monoisotopic (exact) mass is 439 g/mol. The van der Waals surface area contributed by atoms with Crippen LogP contribution >= 0.6 is 0 Å². The average molecular weight is 440 g/mol. The Hall–Kier alpha value is -1.14. The number of hydrogen-bond acceptors (Lipinski definition) is 4. The van der Waals surface area contributed by atoms with E-state index in [1.54, 1.807) is 11.0 Å². The molecule has 0 saturated carbocycles. The summed E-state index contributed by atoms with van der Waals surface area (Å²) >= 11 is 0. The summed E-state index contributed by atoms with van der Waals surface area (Å²) in [4.78, 5) is 27.4. The van der Waals surface area contributed by atoms with Crippen LogP contribution < -0.4 is 0 Å². The van der Waals surface area contributed by atoms with Crippen LogP contribution in [0, 0.1) is 0 Å². The minimum Gasteiger partial charge on any atom is -0.443 e. The predicted molar refractivity (Wildman–Crippen MR) is 126 cm³/mol. The minimum atomic E-state index is -1.93. The highest BCUT2D eigenvalue weighted by molar-refractivity contribution is 6.74. The third-order valence-corrected chi connectivity index (χ3v) is 10.6. The molecule has 2 atom stereocenters. The van der Waals surface area contributed by atoms with E-state index >= 15 is 0 Å². The molecule has 0 N–H and O–H groups in total. The summed E-state index contributed by atoms with van der Waals surface area (Å²) in [5.41, 5.74) is 0.208. The molecule has 174 valence electrons. The van der Waals surface area contributed by atoms with E-state index < -0.39 is 13.9 Å². The summed E-state index contributed by atoms with van der Waals surface area (Å²) < 4.78 is 12.3. The van der Waals surface area contributed by atoms with Crippen molar-refractivity contribution in [1.29, 1.82) is 0 Å². The van der Waals surface area contributed by atoms with E-state index in [-0.39, 0.29) is 29.1 Å². The van der Waals surface area contributed by atoms with Gasteiger partial charge in [0.25, 0.3) is 0 Å². The lowest BCUT2D eigenvalue weighted by Crippen LogP contribution is -2.49. The molecule has 6 heteroatoms. The molecule has 1 aliphatic heterocycles. The molecule has 0 radical (unpaired) electrons. The molecule has 0 saturated heterocycles. The molecule has 0 unspecified atom stereocenters. The molecule has 0 spiro atoms. The van der Waals surface area contributed by atoms with E-state index in [2.05, 4.69) is 47.7 Å². The van der Waals surface area contributed by atoms with Crippen LogP contribution in [0.25, 0.3) is 0 Å². The first kappa shape index (κ1) is 26.9. The number of ketones is 1. The molecule has 0 aromatic rings. The second-order valence-electron chi connectivity index (χ2n) is 11.2. The van der Waals surface area contributed by atoms with Crippen molar-refractivity contribution in [3.8, 4) is 0 Å². The van der Waals surface area contributed by atoms with Crippen molar-refractivity contribution in [2.75, 3.05) is 0 Å². The lowest BCUT2D eigenvalue weighted by molar-refractivity contribution is -0.116. The molecular weight excluding hydrogens is 394 g/mol. The molecule has 5 nitrogen and oxygen atoms in total. The van der Waals surface area contributed by atoms with Gasteiger partial charge in [-0.1, -0.05) is 40.5 Å². The normalized spacial score (nSPS) is 19.5. The largest absolute Gasteiger partial charge is 0.443 e. The molecule has 0 bridgehead atoms. The van der Waals surface area contributed by atoms with Gasteiger partial charge < -0.3 is 9.16 Å². The van der Waals surface area contributed by atoms with Crippen LogP contribution in [-0.4, -0.2) is 42.8 Å². The molecule has 0 aromatic carbocycles. The zero-order valence-corrected chi connectivity index (χ0v) is 22.1. The van der Waals surface area contributed by atoms with Crippen molar-refractivity contribution in [2.24, 2.45) is 0 Å². The van der Waals surface area contributed by atoms with E-state index in [1.165, 1.54) is 0 Å². The van der Waals surface area contributed by atoms with Crippen LogP contribution in [0.15, 0.2) is 11.8 Å². The van der Waals surface area contributed by atoms with E-state index in [0.29, 0.717) is 19.3 Å². The summed E-state index contributed by atoms with van der Waals surface area (Å²) in [5, 5.41) is 0.111. The van der Waals surface area contributed by atoms with Crippen molar-refractivity contribution in [1.82, 2.24) is 4.90 Å². The molecule has 1 aliphatic rings. The Kier molecular flexibility index (Phi) is 9.36. The highest BCUT2D eigenvalue weighted by atomic mass is 28.4. The van der Waals surface area contributed by atoms with Crippen molar-refractivity contribution >= 4 is 20.2 Å². The smallest absolute Gasteiger partial charge is 0.414 e. The first-order chi connectivity index (χ1) is 13.6. The van der Waals surface area contributed by atoms with Gasteiger partial charge in [-0.15, -0.1) is 0 Å². The molecule has 1 rings (SSSR count). The zero-order valence-electron chi connectivity index (χ0n) is 21.1. The molecule has 30 heavy (non-hydrogen) atoms. The van der Waals surface area contributed by atoms with Gasteiger partial charge in [-0.25, -0.2) is 4.79 Å². The van der Waals surface area contributed by atoms with Crippen molar-refractivity contribution in [3.63, 3.8) is 0 Å². The van der Waals surface area contributed by atoms with Gasteiger partial charge in [0.2, 0.25) is 0 Å². The van der Waals surface area contributed by atoms with Crippen LogP contribution in [0.1, 0.15) is 93.9 Å². The van der Waals surface area contributed by atoms with Crippen LogP contribution in [0.2, 0.25) is 18.1 Å². The van der Waals surface area contributed by atoms with Gasteiger partial charge in [-0.3, -0.25) is 9.69 Å². The third-order valence-electron chi connectivity index (χ3n) is 5.97. The standard InChI is InChI=1S/C24H45NO4Si/c1-11-12-13-14-19-16-21(26)17-20(25(19)22(27)28-23(3,4)5)15-18(2)29-30(9,10)24(6,7)8/h16,18,20H,11-15,17H2,1-10H3/t18-,20-/m0/s1. The SMILES string of the molecule is CCCCCC1=CC(=O)C[C@H](C[C@H](C)O[Si](C)(C)C(C)(C)C)N1C(=O)OC(C)(C)C. The average Bonchev–Trinajstić information content (AvgIpc) is 2.51. The van der Waals surface area contributed by atoms with Crippen LogP contribution in [0.3, 0.4) is 0 Å². The first-order valence-electron chi connectivity index (χ1n) is 11.5. The third kappa shape index (κ3) is 8.18. The van der Waals surface area contributed by atoms with Crippen molar-refractivity contribution in [2.45, 2.75) is 130 Å². The van der Waals surface area contributed by atoms with Gasteiger partial charge in [0, 0.05) is 30.3 Å². The van der Waals surface area contributed by atoms with Gasteiger partial charge >= 0.3 is 6.09 Å². The number of carbonyl (C=O) groups excluding carboxylic acids is 2. The lowest BCUT2D eigenvalue weighted by Gasteiger charge is -2.41. The predicted octanol–water partition coefficient (Wildman–Crippen LogP) is 6.83. The van der Waals surface area contributed by atoms with Crippen LogP contribution in [0.4, 0.5) is 4.79 Å². The number of allylic oxidation sites excluding steroid dienone is 2. The number of amides is 1. The molecule has 1 amide bonds. The van der Waals surface area contributed by atoms with E-state index in [1.807, 2.05) is 20.8 Å². The second kappa shape index (κ2) is 10.4. The van der Waals surface area contributed by atoms with Gasteiger partial charge in [0.1, 0.15) is 5.60 Å². The van der Waals surface area contributed by atoms with E-state index in [4.69, 9.17) is 9.16 Å². The maximum absolute atomic E-state index is 13.1. The van der Waals surface area contributed by atoms with Gasteiger partial charge in [-0.05, 0) is 65.1 Å². The number of nitrogens with zero attached hydrogens (tertiary/aromatic N) is 1. The molecular formula is C24H45NO4Si.